The quantitative estimate of drug-likeness (QED) is 0.807. The van der Waals surface area contributed by atoms with Crippen LogP contribution < -0.4 is 0 Å². The number of hydrogen-bond donors (Lipinski definition) is 0. The van der Waals surface area contributed by atoms with Crippen LogP contribution in [0.15, 0.2) is 6.20 Å². The number of aromatic nitrogens is 2. The number of aryl methyl sites for hydroxylation is 1. The van der Waals surface area contributed by atoms with Crippen LogP contribution in [-0.2, 0) is 16.1 Å². The van der Waals surface area contributed by atoms with Crippen molar-refractivity contribution in [3.05, 3.63) is 23.3 Å². The van der Waals surface area contributed by atoms with Crippen molar-refractivity contribution < 1.29 is 9.53 Å². The van der Waals surface area contributed by atoms with E-state index in [2.05, 4.69) is 21.8 Å². The van der Waals surface area contributed by atoms with Crippen molar-refractivity contribution in [1.29, 1.82) is 0 Å². The molecule has 26 heavy (non-hydrogen) atoms. The van der Waals surface area contributed by atoms with Crippen molar-refractivity contribution in [2.24, 2.45) is 5.92 Å². The van der Waals surface area contributed by atoms with E-state index in [0.29, 0.717) is 25.0 Å². The molecule has 1 aromatic rings. The summed E-state index contributed by atoms with van der Waals surface area (Å²) in [6.45, 7) is 8.95. The molecule has 3 heterocycles. The van der Waals surface area contributed by atoms with E-state index in [-0.39, 0.29) is 5.92 Å². The maximum absolute atomic E-state index is 12.8. The van der Waals surface area contributed by atoms with Gasteiger partial charge in [0, 0.05) is 43.3 Å². The second-order valence-corrected chi connectivity index (χ2v) is 7.64. The molecule has 0 saturated carbocycles. The number of piperidine rings is 2. The second kappa shape index (κ2) is 8.91. The minimum atomic E-state index is 0.220. The van der Waals surface area contributed by atoms with E-state index in [4.69, 9.17) is 9.72 Å². The predicted octanol–water partition coefficient (Wildman–Crippen LogP) is 2.37. The van der Waals surface area contributed by atoms with E-state index < -0.39 is 0 Å². The average Bonchev–Trinajstić information content (AvgIpc) is 2.67. The average molecular weight is 361 g/mol. The Bertz CT molecular complexity index is 606. The van der Waals surface area contributed by atoms with Gasteiger partial charge in [-0.2, -0.15) is 0 Å². The number of ether oxygens (including phenoxy) is 1. The predicted molar refractivity (Wildman–Crippen MR) is 101 cm³/mol. The van der Waals surface area contributed by atoms with E-state index in [1.807, 2.05) is 20.0 Å². The largest absolute Gasteiger partial charge is 0.377 e. The zero-order valence-electron chi connectivity index (χ0n) is 16.4. The standard InChI is InChI=1S/C20H32N4O2/c1-4-26-14-18-13-21-15(2)22-19(18)16-7-11-24(12-8-16)20(25)17-5-9-23(3)10-6-17/h13,16-17H,4-12,14H2,1-3H3. The van der Waals surface area contributed by atoms with Crippen LogP contribution in [0, 0.1) is 12.8 Å². The topological polar surface area (TPSA) is 58.6 Å². The van der Waals surface area contributed by atoms with Crippen LogP contribution in [0.2, 0.25) is 0 Å². The molecule has 6 nitrogen and oxygen atoms in total. The lowest BCUT2D eigenvalue weighted by Gasteiger charge is -2.36. The van der Waals surface area contributed by atoms with Gasteiger partial charge in [-0.3, -0.25) is 4.79 Å². The van der Waals surface area contributed by atoms with Gasteiger partial charge in [-0.1, -0.05) is 0 Å². The smallest absolute Gasteiger partial charge is 0.225 e. The van der Waals surface area contributed by atoms with E-state index in [1.165, 1.54) is 0 Å². The third-order valence-electron chi connectivity index (χ3n) is 5.74. The molecule has 3 rings (SSSR count). The lowest BCUT2D eigenvalue weighted by molar-refractivity contribution is -0.138. The Balaban J connectivity index is 1.60. The molecule has 2 aliphatic heterocycles. The number of nitrogens with zero attached hydrogens (tertiary/aromatic N) is 4. The summed E-state index contributed by atoms with van der Waals surface area (Å²) in [6.07, 6.45) is 5.86. The van der Waals surface area contributed by atoms with Gasteiger partial charge in [0.25, 0.3) is 0 Å². The lowest BCUT2D eigenvalue weighted by Crippen LogP contribution is -2.44. The van der Waals surface area contributed by atoms with Crippen molar-refractivity contribution in [1.82, 2.24) is 19.8 Å². The molecule has 1 aromatic heterocycles. The van der Waals surface area contributed by atoms with Crippen LogP contribution in [0.1, 0.15) is 55.6 Å². The fourth-order valence-electron chi connectivity index (χ4n) is 4.08. The SMILES string of the molecule is CCOCc1cnc(C)nc1C1CCN(C(=O)C2CCN(C)CC2)CC1. The molecule has 0 bridgehead atoms. The summed E-state index contributed by atoms with van der Waals surface area (Å²) in [4.78, 5) is 26.3. The fraction of sp³-hybridized carbons (Fsp3) is 0.750. The zero-order chi connectivity index (χ0) is 18.5. The van der Waals surface area contributed by atoms with Crippen molar-refractivity contribution in [3.63, 3.8) is 0 Å². The van der Waals surface area contributed by atoms with Gasteiger partial charge >= 0.3 is 0 Å². The van der Waals surface area contributed by atoms with Crippen LogP contribution in [-0.4, -0.2) is 65.5 Å². The summed E-state index contributed by atoms with van der Waals surface area (Å²) in [5.74, 6) is 1.79. The minimum Gasteiger partial charge on any atom is -0.377 e. The Kier molecular flexibility index (Phi) is 6.59. The molecule has 1 amide bonds. The van der Waals surface area contributed by atoms with Gasteiger partial charge < -0.3 is 14.5 Å². The molecule has 2 saturated heterocycles. The van der Waals surface area contributed by atoms with Gasteiger partial charge in [-0.15, -0.1) is 0 Å². The third-order valence-corrected chi connectivity index (χ3v) is 5.74. The first-order chi connectivity index (χ1) is 12.6. The van der Waals surface area contributed by atoms with Gasteiger partial charge in [0.05, 0.1) is 12.3 Å². The second-order valence-electron chi connectivity index (χ2n) is 7.64. The van der Waals surface area contributed by atoms with Crippen molar-refractivity contribution >= 4 is 5.91 Å². The summed E-state index contributed by atoms with van der Waals surface area (Å²) in [5, 5.41) is 0. The number of amides is 1. The van der Waals surface area contributed by atoms with Crippen molar-refractivity contribution in [2.75, 3.05) is 39.8 Å². The molecule has 2 aliphatic rings. The van der Waals surface area contributed by atoms with Gasteiger partial charge in [0.15, 0.2) is 0 Å². The van der Waals surface area contributed by atoms with Gasteiger partial charge in [-0.25, -0.2) is 9.97 Å². The number of rotatable bonds is 5. The van der Waals surface area contributed by atoms with Crippen LogP contribution in [0.5, 0.6) is 0 Å². The Morgan fingerprint density at radius 3 is 2.54 bits per heavy atom. The van der Waals surface area contributed by atoms with Crippen LogP contribution in [0.4, 0.5) is 0 Å². The molecule has 0 radical (unpaired) electrons. The number of carbonyl (C=O) groups is 1. The Morgan fingerprint density at radius 2 is 1.88 bits per heavy atom. The van der Waals surface area contributed by atoms with Crippen molar-refractivity contribution in [3.8, 4) is 0 Å². The molecule has 0 aromatic carbocycles. The monoisotopic (exact) mass is 360 g/mol. The first-order valence-corrected chi connectivity index (χ1v) is 9.96. The first kappa shape index (κ1) is 19.2. The van der Waals surface area contributed by atoms with Gasteiger partial charge in [0.2, 0.25) is 5.91 Å². The highest BCUT2D eigenvalue weighted by Gasteiger charge is 2.31. The number of likely N-dealkylation sites (tertiary alicyclic amines) is 2. The lowest BCUT2D eigenvalue weighted by atomic mass is 9.89. The van der Waals surface area contributed by atoms with Gasteiger partial charge in [-0.05, 0) is 59.7 Å². The Hall–Kier alpha value is -1.53. The molecule has 0 N–H and O–H groups in total. The Labute approximate surface area is 156 Å². The summed E-state index contributed by atoms with van der Waals surface area (Å²) in [5.41, 5.74) is 2.22. The van der Waals surface area contributed by atoms with E-state index in [0.717, 1.165) is 68.9 Å². The van der Waals surface area contributed by atoms with Crippen LogP contribution >= 0.6 is 0 Å². The maximum Gasteiger partial charge on any atom is 0.225 e. The highest BCUT2D eigenvalue weighted by atomic mass is 16.5. The summed E-state index contributed by atoms with van der Waals surface area (Å²) in [6, 6.07) is 0. The number of carbonyl (C=O) groups excluding carboxylic acids is 1. The molecular formula is C20H32N4O2. The minimum absolute atomic E-state index is 0.220. The molecule has 0 aliphatic carbocycles. The first-order valence-electron chi connectivity index (χ1n) is 9.96. The normalized spacial score (nSPS) is 20.5. The van der Waals surface area contributed by atoms with Gasteiger partial charge in [0.1, 0.15) is 5.82 Å². The van der Waals surface area contributed by atoms with E-state index >= 15 is 0 Å². The van der Waals surface area contributed by atoms with Crippen LogP contribution in [0.25, 0.3) is 0 Å². The highest BCUT2D eigenvalue weighted by molar-refractivity contribution is 5.79. The molecule has 144 valence electrons. The molecule has 0 atom stereocenters. The van der Waals surface area contributed by atoms with E-state index in [1.54, 1.807) is 0 Å². The highest BCUT2D eigenvalue weighted by Crippen LogP contribution is 2.31. The fourth-order valence-corrected chi connectivity index (χ4v) is 4.08. The molecule has 0 unspecified atom stereocenters. The summed E-state index contributed by atoms with van der Waals surface area (Å²) >= 11 is 0. The van der Waals surface area contributed by atoms with Crippen molar-refractivity contribution in [2.45, 2.75) is 52.1 Å². The number of hydrogen-bond acceptors (Lipinski definition) is 5. The molecular weight excluding hydrogens is 328 g/mol. The third kappa shape index (κ3) is 4.60. The van der Waals surface area contributed by atoms with Crippen LogP contribution in [0.3, 0.4) is 0 Å². The van der Waals surface area contributed by atoms with E-state index in [9.17, 15) is 4.79 Å². The molecule has 2 fully saturated rings. The summed E-state index contributed by atoms with van der Waals surface area (Å²) < 4.78 is 5.59. The molecule has 6 heteroatoms. The zero-order valence-corrected chi connectivity index (χ0v) is 16.4. The molecule has 0 spiro atoms. The summed E-state index contributed by atoms with van der Waals surface area (Å²) in [7, 11) is 2.13. The maximum atomic E-state index is 12.8. The Morgan fingerprint density at radius 1 is 1.19 bits per heavy atom.